The maximum atomic E-state index is 14.3. The lowest BCUT2D eigenvalue weighted by atomic mass is 9.99. The quantitative estimate of drug-likeness (QED) is 0.0166. The Hall–Kier alpha value is -12.0. The second kappa shape index (κ2) is 51.2. The van der Waals surface area contributed by atoms with E-state index in [1.54, 1.807) is 58.0 Å². The summed E-state index contributed by atoms with van der Waals surface area (Å²) in [6.45, 7) is 10.8. The third kappa shape index (κ3) is 36.9. The van der Waals surface area contributed by atoms with Crippen molar-refractivity contribution in [1.82, 2.24) is 89.3 Å². The maximum absolute atomic E-state index is 14.3. The molecule has 14 amide bonds. The summed E-state index contributed by atoms with van der Waals surface area (Å²) < 4.78 is 0. The van der Waals surface area contributed by atoms with E-state index in [2.05, 4.69) is 84.4 Å². The molecule has 1 aliphatic rings. The summed E-state index contributed by atoms with van der Waals surface area (Å²) in [6.07, 6.45) is -1.71. The molecule has 0 radical (unpaired) electrons. The van der Waals surface area contributed by atoms with Crippen LogP contribution in [0.5, 0.6) is 0 Å². The van der Waals surface area contributed by atoms with E-state index < -0.39 is 248 Å². The second-order valence-electron chi connectivity index (χ2n) is 29.8. The summed E-state index contributed by atoms with van der Waals surface area (Å²) >= 11 is 0. The van der Waals surface area contributed by atoms with Gasteiger partial charge in [0.25, 0.3) is 0 Å². The molecule has 0 spiro atoms. The molecule has 118 heavy (non-hydrogen) atoms. The van der Waals surface area contributed by atoms with Gasteiger partial charge >= 0.3 is 23.9 Å². The van der Waals surface area contributed by atoms with Gasteiger partial charge in [-0.15, -0.1) is 0 Å². The van der Waals surface area contributed by atoms with Crippen LogP contribution in [0.4, 0.5) is 0 Å². The van der Waals surface area contributed by atoms with Crippen LogP contribution in [0.3, 0.4) is 0 Å². The van der Waals surface area contributed by atoms with Gasteiger partial charge in [-0.1, -0.05) is 71.9 Å². The number of aromatic amines is 1. The van der Waals surface area contributed by atoms with Crippen LogP contribution in [-0.4, -0.2) is 270 Å². The Balaban J connectivity index is 1.73. The Morgan fingerprint density at radius 2 is 1.02 bits per heavy atom. The summed E-state index contributed by atoms with van der Waals surface area (Å²) in [5.41, 5.74) is 17.7. The number of carboxylic acids is 4. The number of rotatable bonds is 54. The number of aromatic nitrogens is 2. The zero-order chi connectivity index (χ0) is 88.6. The lowest BCUT2D eigenvalue weighted by Crippen LogP contribution is -2.61. The van der Waals surface area contributed by atoms with Crippen LogP contribution in [-0.2, 0) is 99.1 Å². The molecule has 1 aliphatic heterocycles. The summed E-state index contributed by atoms with van der Waals surface area (Å²) in [5.74, 6) is -20.8. The molecule has 2 heterocycles. The fourth-order valence-electron chi connectivity index (χ4n) is 12.2. The summed E-state index contributed by atoms with van der Waals surface area (Å²) in [5, 5.41) is 91.1. The van der Waals surface area contributed by atoms with Crippen molar-refractivity contribution in [2.45, 2.75) is 243 Å². The topological polar surface area (TPSA) is 711 Å². The van der Waals surface area contributed by atoms with E-state index >= 15 is 0 Å². The highest BCUT2D eigenvalue weighted by atomic mass is 16.4. The van der Waals surface area contributed by atoms with Gasteiger partial charge in [-0.2, -0.15) is 0 Å². The van der Waals surface area contributed by atoms with Crippen LogP contribution < -0.4 is 91.6 Å². The predicted molar refractivity (Wildman–Crippen MR) is 419 cm³/mol. The molecule has 2 aromatic rings. The Morgan fingerprint density at radius 3 is 1.53 bits per heavy atom. The van der Waals surface area contributed by atoms with E-state index in [1.165, 1.54) is 33.3 Å². The predicted octanol–water partition coefficient (Wildman–Crippen LogP) is -6.09. The SMILES string of the molecule is CC(C)C[C@H](NC(=O)[C@H](C)NC(=O)CNC(=O)[C@H](CCC(=O)O)NC(=O)[C@@H]1CCCN1C(=O)CNC(=O)[C@@H](NC(=O)[C@@H](NC(=O)[C@H](CCCNC(=N)N)NC(=O)[C@H](CC(C)C)NC(=O)[C@H](CCCCN)NC(=O)[C@@H](N)CC(=O)O)C(C)C)[C@@H](C)O)C(=O)N[C@@H](Cc1ccccc1)C(=O)N[C@@H](CCC(=O)O)C(=O)N[C@@H](Cc1c[nH]cn1)C(=O)O. The van der Waals surface area contributed by atoms with Gasteiger partial charge in [0, 0.05) is 45.0 Å². The van der Waals surface area contributed by atoms with Gasteiger partial charge in [-0.05, 0) is 114 Å². The molecule has 44 heteroatoms. The number of unbranched alkanes of at least 4 members (excludes halogenated alkanes) is 1. The number of nitrogens with zero attached hydrogens (tertiary/aromatic N) is 2. The Morgan fingerprint density at radius 1 is 0.525 bits per heavy atom. The molecule has 14 atom stereocenters. The number of amides is 14. The number of aliphatic hydroxyl groups excluding tert-OH is 1. The molecule has 656 valence electrons. The number of carboxylic acid groups (broad SMARTS) is 4. The van der Waals surface area contributed by atoms with Crippen LogP contribution in [0.25, 0.3) is 0 Å². The lowest BCUT2D eigenvalue weighted by Gasteiger charge is -2.29. The Bertz CT molecular complexity index is 3770. The van der Waals surface area contributed by atoms with Crippen molar-refractivity contribution in [2.75, 3.05) is 32.7 Å². The number of guanidine groups is 1. The minimum Gasteiger partial charge on any atom is -0.481 e. The Labute approximate surface area is 681 Å². The van der Waals surface area contributed by atoms with Crippen molar-refractivity contribution in [1.29, 1.82) is 5.41 Å². The molecule has 1 aromatic carbocycles. The van der Waals surface area contributed by atoms with Gasteiger partial charge in [0.2, 0.25) is 82.7 Å². The number of hydrogen-bond acceptors (Lipinski definition) is 23. The molecule has 1 saturated heterocycles. The zero-order valence-corrected chi connectivity index (χ0v) is 67.4. The van der Waals surface area contributed by atoms with Crippen molar-refractivity contribution in [3.63, 3.8) is 0 Å². The smallest absolute Gasteiger partial charge is 0.326 e. The third-order valence-corrected chi connectivity index (χ3v) is 18.5. The fraction of sp³-hybridized carbons (Fsp3) is 0.622. The first-order valence-corrected chi connectivity index (χ1v) is 38.8. The number of benzene rings is 1. The molecular weight excluding hydrogens is 1550 g/mol. The highest BCUT2D eigenvalue weighted by Crippen LogP contribution is 2.20. The van der Waals surface area contributed by atoms with Gasteiger partial charge in [-0.25, -0.2) is 9.78 Å². The fourth-order valence-corrected chi connectivity index (χ4v) is 12.2. The average Bonchev–Trinajstić information content (AvgIpc) is 1.52. The number of hydrogen-bond donors (Lipinski definition) is 24. The van der Waals surface area contributed by atoms with Crippen LogP contribution in [0.2, 0.25) is 0 Å². The Kier molecular flexibility index (Phi) is 43.5. The third-order valence-electron chi connectivity index (χ3n) is 18.5. The van der Waals surface area contributed by atoms with Gasteiger partial charge in [0.15, 0.2) is 5.96 Å². The van der Waals surface area contributed by atoms with Crippen molar-refractivity contribution in [3.05, 3.63) is 54.1 Å². The highest BCUT2D eigenvalue weighted by Gasteiger charge is 2.40. The molecule has 27 N–H and O–H groups in total. The van der Waals surface area contributed by atoms with E-state index in [9.17, 15) is 112 Å². The van der Waals surface area contributed by atoms with E-state index in [0.717, 1.165) is 11.8 Å². The molecule has 3 rings (SSSR count). The molecule has 1 aromatic heterocycles. The molecule has 0 unspecified atom stereocenters. The normalized spacial score (nSPS) is 15.7. The van der Waals surface area contributed by atoms with Crippen molar-refractivity contribution < 1.29 is 112 Å². The van der Waals surface area contributed by atoms with Gasteiger partial charge < -0.3 is 127 Å². The van der Waals surface area contributed by atoms with Crippen molar-refractivity contribution in [3.8, 4) is 0 Å². The number of H-pyrrole nitrogens is 1. The minimum absolute atomic E-state index is 0.00330. The van der Waals surface area contributed by atoms with Gasteiger partial charge in [-0.3, -0.25) is 86.9 Å². The van der Waals surface area contributed by atoms with Crippen LogP contribution in [0.1, 0.15) is 157 Å². The van der Waals surface area contributed by atoms with E-state index in [1.807, 2.05) is 0 Å². The van der Waals surface area contributed by atoms with E-state index in [-0.39, 0.29) is 95.0 Å². The molecule has 1 fully saturated rings. The molecule has 0 bridgehead atoms. The number of imidazole rings is 1. The van der Waals surface area contributed by atoms with E-state index in [0.29, 0.717) is 18.4 Å². The van der Waals surface area contributed by atoms with Gasteiger partial charge in [0.05, 0.1) is 43.7 Å². The molecule has 0 saturated carbocycles. The average molecular weight is 1670 g/mol. The summed E-state index contributed by atoms with van der Waals surface area (Å²) in [4.78, 5) is 249. The van der Waals surface area contributed by atoms with Crippen molar-refractivity contribution in [2.24, 2.45) is 35.0 Å². The standard InChI is InChI=1S/C74H117N21O23/c1-37(2)28-49(68(112)91-51(30-42-16-10-9-11-17-42)69(113)87-48(22-24-57(101)102)65(109)92-52(73(117)118)31-43-33-79-36-83-43)89-61(105)40(7)84-54(97)34-81-63(107)47(21-23-56(99)100)88-70(114)53-20-15-27-95(53)55(98)35-82-71(115)60(41(8)96)94-72(116)59(39(5)6)93-66(110)46(19-14-26-80-74(77)78)86-67(111)50(29-38(3)4)90-64(108)45(18-12-13-25-75)85-62(106)44(76)32-58(103)104/h9-11,16-17,33,36-41,44-53,59-60,96H,12-15,18-32,34-35,75-76H2,1-8H3,(H,79,83)(H,81,107)(H,82,115)(H,84,97)(H,85,106)(H,86,111)(H,87,113)(H,88,114)(H,89,105)(H,90,108)(H,91,112)(H,92,109)(H,93,110)(H,94,116)(H,99,100)(H,101,102)(H,103,104)(H,117,118)(H4,77,78,80)/t40-,41+,44-,45-,46-,47-,48-,49-,50-,51-,52-,53-,59-,60-/m0/s1. The minimum atomic E-state index is -1.80. The lowest BCUT2D eigenvalue weighted by molar-refractivity contribution is -0.143. The largest absolute Gasteiger partial charge is 0.481 e. The molecule has 0 aliphatic carbocycles. The van der Waals surface area contributed by atoms with Crippen molar-refractivity contribution >= 4 is 113 Å². The monoisotopic (exact) mass is 1670 g/mol. The first-order chi connectivity index (χ1) is 55.5. The highest BCUT2D eigenvalue weighted by molar-refractivity contribution is 6.00. The number of nitrogens with one attached hydrogen (secondary N) is 16. The van der Waals surface area contributed by atoms with Gasteiger partial charge in [0.1, 0.15) is 72.5 Å². The summed E-state index contributed by atoms with van der Waals surface area (Å²) in [7, 11) is 0. The first kappa shape index (κ1) is 100. The maximum Gasteiger partial charge on any atom is 0.326 e. The number of likely N-dealkylation sites (tertiary alicyclic amines) is 1. The van der Waals surface area contributed by atoms with Crippen LogP contribution >= 0.6 is 0 Å². The molecular formula is C74H117N21O23. The number of carbonyl (C=O) groups is 18. The van der Waals surface area contributed by atoms with Crippen LogP contribution in [0.15, 0.2) is 42.9 Å². The number of nitrogens with two attached hydrogens (primary N) is 3. The van der Waals surface area contributed by atoms with Crippen LogP contribution in [0, 0.1) is 23.2 Å². The second-order valence-corrected chi connectivity index (χ2v) is 29.8. The number of aliphatic carboxylic acids is 4. The summed E-state index contributed by atoms with van der Waals surface area (Å²) in [6, 6.07) is -11.2. The number of aliphatic hydroxyl groups is 1. The number of carbonyl (C=O) groups excluding carboxylic acids is 14. The zero-order valence-electron chi connectivity index (χ0n) is 67.4. The molecule has 44 nitrogen and oxygen atoms in total. The van der Waals surface area contributed by atoms with E-state index in [4.69, 9.17) is 22.6 Å². The first-order valence-electron chi connectivity index (χ1n) is 38.8.